The van der Waals surface area contributed by atoms with Crippen LogP contribution in [0.3, 0.4) is 0 Å². The molecule has 1 N–H and O–H groups in total. The summed E-state index contributed by atoms with van der Waals surface area (Å²) in [5.74, 6) is -0.418. The second-order valence-electron chi connectivity index (χ2n) is 7.41. The monoisotopic (exact) mass is 490 g/mol. The number of carbonyl (C=O) groups is 1. The summed E-state index contributed by atoms with van der Waals surface area (Å²) in [7, 11) is -4.04. The van der Waals surface area contributed by atoms with Gasteiger partial charge >= 0.3 is 0 Å². The number of nitrogens with one attached hydrogen (secondary N) is 1. The van der Waals surface area contributed by atoms with Crippen LogP contribution in [0.2, 0.25) is 5.02 Å². The Labute approximate surface area is 198 Å². The maximum atomic E-state index is 13.4. The summed E-state index contributed by atoms with van der Waals surface area (Å²) >= 11 is 6.12. The van der Waals surface area contributed by atoms with Gasteiger partial charge in [-0.05, 0) is 67.9 Å². The highest BCUT2D eigenvalue weighted by Crippen LogP contribution is 2.29. The van der Waals surface area contributed by atoms with E-state index in [0.29, 0.717) is 22.0 Å². The number of ether oxygens (including phenoxy) is 1. The quantitative estimate of drug-likeness (QED) is 0.448. The second kappa shape index (κ2) is 10.7. The van der Waals surface area contributed by atoms with Crippen molar-refractivity contribution in [2.24, 2.45) is 0 Å². The maximum absolute atomic E-state index is 13.4. The SMILES string of the molecule is Cc1ccc(S(=O)(=O)N(CC(=O)NCCOc2ccc(F)cc2)c2cc(Cl)ccc2C)cc1. The molecule has 9 heteroatoms. The lowest BCUT2D eigenvalue weighted by Crippen LogP contribution is -2.42. The molecule has 174 valence electrons. The van der Waals surface area contributed by atoms with Gasteiger partial charge < -0.3 is 10.1 Å². The smallest absolute Gasteiger partial charge is 0.264 e. The Morgan fingerprint density at radius 2 is 1.70 bits per heavy atom. The molecule has 0 heterocycles. The Morgan fingerprint density at radius 3 is 2.36 bits per heavy atom. The highest BCUT2D eigenvalue weighted by atomic mass is 35.5. The van der Waals surface area contributed by atoms with Crippen molar-refractivity contribution in [1.82, 2.24) is 5.32 Å². The number of aryl methyl sites for hydroxylation is 2. The number of carbonyl (C=O) groups excluding carboxylic acids is 1. The molecule has 0 saturated heterocycles. The summed E-state index contributed by atoms with van der Waals surface area (Å²) in [6.45, 7) is 3.45. The lowest BCUT2D eigenvalue weighted by molar-refractivity contribution is -0.119. The lowest BCUT2D eigenvalue weighted by Gasteiger charge is -2.26. The molecule has 0 atom stereocenters. The van der Waals surface area contributed by atoms with E-state index in [2.05, 4.69) is 5.32 Å². The Hall–Kier alpha value is -3.10. The Kier molecular flexibility index (Phi) is 7.94. The molecule has 6 nitrogen and oxygen atoms in total. The van der Waals surface area contributed by atoms with Gasteiger partial charge in [-0.2, -0.15) is 0 Å². The van der Waals surface area contributed by atoms with E-state index in [1.54, 1.807) is 31.2 Å². The van der Waals surface area contributed by atoms with Gasteiger partial charge in [0.15, 0.2) is 0 Å². The standard InChI is InChI=1S/C24H24ClFN2O4S/c1-17-3-11-22(12-4-17)33(30,31)28(23-15-19(25)6-5-18(23)2)16-24(29)27-13-14-32-21-9-7-20(26)8-10-21/h3-12,15H,13-14,16H2,1-2H3,(H,27,29). The Balaban J connectivity index is 1.75. The van der Waals surface area contributed by atoms with Crippen molar-refractivity contribution in [1.29, 1.82) is 0 Å². The number of anilines is 1. The molecular formula is C24H24ClFN2O4S. The maximum Gasteiger partial charge on any atom is 0.264 e. The molecule has 0 spiro atoms. The van der Waals surface area contributed by atoms with Gasteiger partial charge in [0.05, 0.1) is 17.1 Å². The summed E-state index contributed by atoms with van der Waals surface area (Å²) in [5, 5.41) is 3.01. The van der Waals surface area contributed by atoms with Gasteiger partial charge in [0, 0.05) is 5.02 Å². The van der Waals surface area contributed by atoms with Gasteiger partial charge in [0.2, 0.25) is 5.91 Å². The second-order valence-corrected chi connectivity index (χ2v) is 9.71. The Morgan fingerprint density at radius 1 is 1.03 bits per heavy atom. The molecule has 0 saturated carbocycles. The molecule has 3 aromatic rings. The molecule has 0 aliphatic heterocycles. The number of hydrogen-bond donors (Lipinski definition) is 1. The van der Waals surface area contributed by atoms with E-state index < -0.39 is 22.5 Å². The largest absolute Gasteiger partial charge is 0.492 e. The van der Waals surface area contributed by atoms with Crippen molar-refractivity contribution in [3.05, 3.63) is 88.7 Å². The first-order valence-corrected chi connectivity index (χ1v) is 12.0. The van der Waals surface area contributed by atoms with Crippen LogP contribution in [0.25, 0.3) is 0 Å². The average molecular weight is 491 g/mol. The summed E-state index contributed by atoms with van der Waals surface area (Å²) in [5.41, 5.74) is 1.89. The molecule has 0 bridgehead atoms. The third-order valence-corrected chi connectivity index (χ3v) is 6.85. The van der Waals surface area contributed by atoms with E-state index in [-0.39, 0.29) is 23.9 Å². The fourth-order valence-electron chi connectivity index (χ4n) is 3.06. The number of nitrogens with zero attached hydrogens (tertiary/aromatic N) is 1. The summed E-state index contributed by atoms with van der Waals surface area (Å²) in [4.78, 5) is 12.7. The van der Waals surface area contributed by atoms with Crippen LogP contribution in [0.1, 0.15) is 11.1 Å². The van der Waals surface area contributed by atoms with Crippen LogP contribution in [-0.2, 0) is 14.8 Å². The van der Waals surface area contributed by atoms with Crippen LogP contribution in [0.15, 0.2) is 71.6 Å². The van der Waals surface area contributed by atoms with Gasteiger partial charge in [-0.3, -0.25) is 9.10 Å². The van der Waals surface area contributed by atoms with Crippen molar-refractivity contribution >= 4 is 33.2 Å². The molecule has 0 fully saturated rings. The minimum Gasteiger partial charge on any atom is -0.492 e. The van der Waals surface area contributed by atoms with Crippen LogP contribution in [0.4, 0.5) is 10.1 Å². The van der Waals surface area contributed by atoms with Gasteiger partial charge in [-0.1, -0.05) is 35.4 Å². The van der Waals surface area contributed by atoms with Crippen molar-refractivity contribution in [2.45, 2.75) is 18.7 Å². The third-order valence-electron chi connectivity index (χ3n) is 4.84. The van der Waals surface area contributed by atoms with E-state index in [9.17, 15) is 17.6 Å². The molecular weight excluding hydrogens is 467 g/mol. The van der Waals surface area contributed by atoms with Crippen LogP contribution in [-0.4, -0.2) is 34.0 Å². The molecule has 3 rings (SSSR count). The first-order chi connectivity index (χ1) is 15.7. The van der Waals surface area contributed by atoms with Gasteiger partial charge in [-0.15, -0.1) is 0 Å². The third kappa shape index (κ3) is 6.46. The molecule has 0 aliphatic carbocycles. The first kappa shape index (κ1) is 24.5. The fourth-order valence-corrected chi connectivity index (χ4v) is 4.71. The van der Waals surface area contributed by atoms with Crippen molar-refractivity contribution in [3.63, 3.8) is 0 Å². The minimum absolute atomic E-state index is 0.0694. The van der Waals surface area contributed by atoms with Crippen molar-refractivity contribution in [3.8, 4) is 5.75 Å². The topological polar surface area (TPSA) is 75.7 Å². The normalized spacial score (nSPS) is 11.2. The van der Waals surface area contributed by atoms with Crippen LogP contribution < -0.4 is 14.4 Å². The summed E-state index contributed by atoms with van der Waals surface area (Å²) in [6, 6.07) is 16.8. The zero-order valence-corrected chi connectivity index (χ0v) is 19.8. The van der Waals surface area contributed by atoms with E-state index >= 15 is 0 Å². The van der Waals surface area contributed by atoms with E-state index in [1.165, 1.54) is 42.5 Å². The van der Waals surface area contributed by atoms with Crippen molar-refractivity contribution < 1.29 is 22.3 Å². The van der Waals surface area contributed by atoms with Gasteiger partial charge in [-0.25, -0.2) is 12.8 Å². The molecule has 0 radical (unpaired) electrons. The average Bonchev–Trinajstić information content (AvgIpc) is 2.78. The molecule has 0 aliphatic rings. The first-order valence-electron chi connectivity index (χ1n) is 10.2. The van der Waals surface area contributed by atoms with Gasteiger partial charge in [0.25, 0.3) is 10.0 Å². The molecule has 33 heavy (non-hydrogen) atoms. The summed E-state index contributed by atoms with van der Waals surface area (Å²) in [6.07, 6.45) is 0. The molecule has 1 amide bonds. The van der Waals surface area contributed by atoms with Crippen molar-refractivity contribution in [2.75, 3.05) is 24.0 Å². The number of hydrogen-bond acceptors (Lipinski definition) is 4. The zero-order valence-electron chi connectivity index (χ0n) is 18.2. The minimum atomic E-state index is -4.04. The van der Waals surface area contributed by atoms with E-state index in [0.717, 1.165) is 9.87 Å². The lowest BCUT2D eigenvalue weighted by atomic mass is 10.2. The van der Waals surface area contributed by atoms with E-state index in [4.69, 9.17) is 16.3 Å². The molecule has 3 aromatic carbocycles. The van der Waals surface area contributed by atoms with Crippen LogP contribution >= 0.6 is 11.6 Å². The number of amides is 1. The van der Waals surface area contributed by atoms with E-state index in [1.807, 2.05) is 6.92 Å². The highest BCUT2D eigenvalue weighted by molar-refractivity contribution is 7.92. The molecule has 0 unspecified atom stereocenters. The fraction of sp³-hybridized carbons (Fsp3) is 0.208. The van der Waals surface area contributed by atoms with Gasteiger partial charge in [0.1, 0.15) is 24.7 Å². The predicted octanol–water partition coefficient (Wildman–Crippen LogP) is 4.49. The number of sulfonamides is 1. The summed E-state index contributed by atoms with van der Waals surface area (Å²) < 4.78 is 46.3. The predicted molar refractivity (Wildman–Crippen MR) is 127 cm³/mol. The number of halogens is 2. The number of benzene rings is 3. The molecule has 0 aromatic heterocycles. The van der Waals surface area contributed by atoms with Crippen LogP contribution in [0, 0.1) is 19.7 Å². The zero-order chi connectivity index (χ0) is 24.0. The van der Waals surface area contributed by atoms with Crippen LogP contribution in [0.5, 0.6) is 5.75 Å². The highest BCUT2D eigenvalue weighted by Gasteiger charge is 2.28. The Bertz CT molecular complexity index is 1220. The number of rotatable bonds is 9.